The predicted octanol–water partition coefficient (Wildman–Crippen LogP) is 1.28. The fourth-order valence-electron chi connectivity index (χ4n) is 1.98. The average molecular weight is 205 g/mol. The predicted molar refractivity (Wildman–Crippen MR) is 57.7 cm³/mol. The lowest BCUT2D eigenvalue weighted by molar-refractivity contribution is -0.121. The molecule has 4 nitrogen and oxygen atoms in total. The lowest BCUT2D eigenvalue weighted by atomic mass is 9.93. The SMILES string of the molecule is CC(=O)C1CCN(c2cccnn2)CC1. The Hall–Kier alpha value is -1.45. The van der Waals surface area contributed by atoms with Crippen LogP contribution in [0.4, 0.5) is 5.82 Å². The van der Waals surface area contributed by atoms with Gasteiger partial charge in [-0.3, -0.25) is 4.79 Å². The Morgan fingerprint density at radius 3 is 2.73 bits per heavy atom. The molecule has 0 amide bonds. The van der Waals surface area contributed by atoms with E-state index in [4.69, 9.17) is 0 Å². The summed E-state index contributed by atoms with van der Waals surface area (Å²) in [5, 5.41) is 7.92. The van der Waals surface area contributed by atoms with Crippen molar-refractivity contribution in [3.8, 4) is 0 Å². The summed E-state index contributed by atoms with van der Waals surface area (Å²) >= 11 is 0. The summed E-state index contributed by atoms with van der Waals surface area (Å²) in [6.45, 7) is 3.49. The van der Waals surface area contributed by atoms with Gasteiger partial charge in [-0.1, -0.05) is 0 Å². The zero-order valence-electron chi connectivity index (χ0n) is 8.89. The van der Waals surface area contributed by atoms with E-state index < -0.39 is 0 Å². The molecule has 0 N–H and O–H groups in total. The Kier molecular flexibility index (Phi) is 2.94. The molecule has 0 bridgehead atoms. The maximum absolute atomic E-state index is 11.2. The van der Waals surface area contributed by atoms with Gasteiger partial charge in [0.05, 0.1) is 0 Å². The minimum absolute atomic E-state index is 0.248. The average Bonchev–Trinajstić information content (AvgIpc) is 2.30. The molecule has 1 aliphatic heterocycles. The molecule has 0 spiro atoms. The van der Waals surface area contributed by atoms with E-state index in [1.54, 1.807) is 13.1 Å². The van der Waals surface area contributed by atoms with E-state index in [2.05, 4.69) is 15.1 Å². The third-order valence-corrected chi connectivity index (χ3v) is 2.95. The van der Waals surface area contributed by atoms with Crippen LogP contribution in [0.2, 0.25) is 0 Å². The van der Waals surface area contributed by atoms with Gasteiger partial charge in [0.15, 0.2) is 5.82 Å². The number of anilines is 1. The van der Waals surface area contributed by atoms with Crippen LogP contribution in [0.25, 0.3) is 0 Å². The number of aromatic nitrogens is 2. The molecule has 1 saturated heterocycles. The minimum atomic E-state index is 0.248. The standard InChI is InChI=1S/C11H15N3O/c1-9(15)10-4-7-14(8-5-10)11-3-2-6-12-13-11/h2-3,6,10H,4-5,7-8H2,1H3. The topological polar surface area (TPSA) is 46.1 Å². The molecule has 0 saturated carbocycles. The van der Waals surface area contributed by atoms with Gasteiger partial charge in [0.1, 0.15) is 5.78 Å². The minimum Gasteiger partial charge on any atom is -0.355 e. The maximum atomic E-state index is 11.2. The Morgan fingerprint density at radius 1 is 1.47 bits per heavy atom. The van der Waals surface area contributed by atoms with Crippen LogP contribution in [0.1, 0.15) is 19.8 Å². The quantitative estimate of drug-likeness (QED) is 0.729. The van der Waals surface area contributed by atoms with E-state index in [9.17, 15) is 4.79 Å². The Labute approximate surface area is 89.3 Å². The molecule has 0 radical (unpaired) electrons. The van der Waals surface area contributed by atoms with E-state index in [-0.39, 0.29) is 5.92 Å². The first-order valence-corrected chi connectivity index (χ1v) is 5.30. The Morgan fingerprint density at radius 2 is 2.20 bits per heavy atom. The summed E-state index contributed by atoms with van der Waals surface area (Å²) in [6.07, 6.45) is 3.55. The molecular weight excluding hydrogens is 190 g/mol. The fourth-order valence-corrected chi connectivity index (χ4v) is 1.98. The summed E-state index contributed by atoms with van der Waals surface area (Å²) in [7, 11) is 0. The van der Waals surface area contributed by atoms with Gasteiger partial charge in [-0.15, -0.1) is 5.10 Å². The van der Waals surface area contributed by atoms with Crippen LogP contribution in [-0.4, -0.2) is 29.1 Å². The maximum Gasteiger partial charge on any atom is 0.151 e. The third-order valence-electron chi connectivity index (χ3n) is 2.95. The van der Waals surface area contributed by atoms with Gasteiger partial charge in [0.25, 0.3) is 0 Å². The number of Topliss-reactive ketones (excluding diaryl/α,β-unsaturated/α-hetero) is 1. The van der Waals surface area contributed by atoms with Crippen LogP contribution in [0.5, 0.6) is 0 Å². The van der Waals surface area contributed by atoms with Crippen molar-refractivity contribution in [2.75, 3.05) is 18.0 Å². The number of nitrogens with zero attached hydrogens (tertiary/aromatic N) is 3. The first kappa shape index (κ1) is 10.1. The van der Waals surface area contributed by atoms with Gasteiger partial charge in [0.2, 0.25) is 0 Å². The van der Waals surface area contributed by atoms with E-state index in [0.717, 1.165) is 31.7 Å². The number of hydrogen-bond acceptors (Lipinski definition) is 4. The molecular formula is C11H15N3O. The van der Waals surface area contributed by atoms with Crippen molar-refractivity contribution >= 4 is 11.6 Å². The lowest BCUT2D eigenvalue weighted by Gasteiger charge is -2.31. The van der Waals surface area contributed by atoms with E-state index in [1.165, 1.54) is 0 Å². The van der Waals surface area contributed by atoms with Crippen LogP contribution in [0, 0.1) is 5.92 Å². The van der Waals surface area contributed by atoms with Crippen molar-refractivity contribution in [2.45, 2.75) is 19.8 Å². The molecule has 2 rings (SSSR count). The van der Waals surface area contributed by atoms with Crippen LogP contribution in [0.3, 0.4) is 0 Å². The van der Waals surface area contributed by atoms with E-state index >= 15 is 0 Å². The fraction of sp³-hybridized carbons (Fsp3) is 0.545. The van der Waals surface area contributed by atoms with Crippen LogP contribution >= 0.6 is 0 Å². The summed E-state index contributed by atoms with van der Waals surface area (Å²) in [5.74, 6) is 1.48. The lowest BCUT2D eigenvalue weighted by Crippen LogP contribution is -2.36. The third kappa shape index (κ3) is 2.32. The molecule has 4 heteroatoms. The molecule has 2 heterocycles. The number of ketones is 1. The van der Waals surface area contributed by atoms with Gasteiger partial charge in [-0.2, -0.15) is 5.10 Å². The van der Waals surface area contributed by atoms with Gasteiger partial charge < -0.3 is 4.90 Å². The number of carbonyl (C=O) groups is 1. The monoisotopic (exact) mass is 205 g/mol. The number of rotatable bonds is 2. The molecule has 0 atom stereocenters. The zero-order valence-corrected chi connectivity index (χ0v) is 8.89. The van der Waals surface area contributed by atoms with Crippen molar-refractivity contribution < 1.29 is 4.79 Å². The summed E-state index contributed by atoms with van der Waals surface area (Å²) in [6, 6.07) is 3.85. The van der Waals surface area contributed by atoms with Crippen molar-refractivity contribution in [1.82, 2.24) is 10.2 Å². The van der Waals surface area contributed by atoms with Crippen LogP contribution < -0.4 is 4.90 Å². The molecule has 1 fully saturated rings. The second-order valence-electron chi connectivity index (χ2n) is 3.95. The van der Waals surface area contributed by atoms with Crippen molar-refractivity contribution in [2.24, 2.45) is 5.92 Å². The van der Waals surface area contributed by atoms with Gasteiger partial charge in [0, 0.05) is 25.2 Å². The molecule has 15 heavy (non-hydrogen) atoms. The molecule has 0 aromatic carbocycles. The van der Waals surface area contributed by atoms with Gasteiger partial charge in [-0.25, -0.2) is 0 Å². The van der Waals surface area contributed by atoms with Crippen molar-refractivity contribution in [1.29, 1.82) is 0 Å². The molecule has 1 aromatic rings. The molecule has 1 aliphatic rings. The number of piperidine rings is 1. The first-order valence-electron chi connectivity index (χ1n) is 5.30. The Bertz CT molecular complexity index is 331. The van der Waals surface area contributed by atoms with Gasteiger partial charge >= 0.3 is 0 Å². The largest absolute Gasteiger partial charge is 0.355 e. The number of hydrogen-bond donors (Lipinski definition) is 0. The smallest absolute Gasteiger partial charge is 0.151 e. The second kappa shape index (κ2) is 4.38. The molecule has 0 aliphatic carbocycles. The van der Waals surface area contributed by atoms with E-state index in [0.29, 0.717) is 5.78 Å². The van der Waals surface area contributed by atoms with Crippen LogP contribution in [0.15, 0.2) is 18.3 Å². The number of carbonyl (C=O) groups excluding carboxylic acids is 1. The van der Waals surface area contributed by atoms with Crippen LogP contribution in [-0.2, 0) is 4.79 Å². The highest BCUT2D eigenvalue weighted by atomic mass is 16.1. The highest BCUT2D eigenvalue weighted by Gasteiger charge is 2.22. The zero-order chi connectivity index (χ0) is 10.7. The molecule has 80 valence electrons. The summed E-state index contributed by atoms with van der Waals surface area (Å²) in [5.41, 5.74) is 0. The second-order valence-corrected chi connectivity index (χ2v) is 3.95. The van der Waals surface area contributed by atoms with E-state index in [1.807, 2.05) is 12.1 Å². The normalized spacial score (nSPS) is 17.8. The van der Waals surface area contributed by atoms with Gasteiger partial charge in [-0.05, 0) is 31.9 Å². The van der Waals surface area contributed by atoms with Crippen molar-refractivity contribution in [3.05, 3.63) is 18.3 Å². The molecule has 1 aromatic heterocycles. The summed E-state index contributed by atoms with van der Waals surface area (Å²) < 4.78 is 0. The highest BCUT2D eigenvalue weighted by molar-refractivity contribution is 5.78. The molecule has 0 unspecified atom stereocenters. The van der Waals surface area contributed by atoms with Crippen molar-refractivity contribution in [3.63, 3.8) is 0 Å². The first-order chi connectivity index (χ1) is 7.27. The summed E-state index contributed by atoms with van der Waals surface area (Å²) in [4.78, 5) is 13.4. The highest BCUT2D eigenvalue weighted by Crippen LogP contribution is 2.21. The Balaban J connectivity index is 1.97.